The van der Waals surface area contributed by atoms with Crippen molar-refractivity contribution in [3.63, 3.8) is 0 Å². The Labute approximate surface area is 131 Å². The van der Waals surface area contributed by atoms with Crippen LogP contribution in [0.2, 0.25) is 0 Å². The number of non-ortho nitro benzene ring substituents is 1. The first-order valence-corrected chi connectivity index (χ1v) is 7.04. The van der Waals surface area contributed by atoms with E-state index in [0.717, 1.165) is 0 Å². The molecule has 0 spiro atoms. The Balaban J connectivity index is 2.22. The van der Waals surface area contributed by atoms with E-state index in [0.29, 0.717) is 24.1 Å². The first kappa shape index (κ1) is 16.6. The van der Waals surface area contributed by atoms with Crippen LogP contribution in [-0.4, -0.2) is 35.3 Å². The Hall–Kier alpha value is -2.74. The molecular weight excluding hydrogens is 304 g/mol. The second kappa shape index (κ2) is 7.50. The number of fused-ring (bicyclic) bond motifs is 1. The van der Waals surface area contributed by atoms with E-state index in [1.54, 1.807) is 0 Å². The van der Waals surface area contributed by atoms with Crippen LogP contribution in [-0.2, 0) is 20.8 Å². The number of esters is 1. The van der Waals surface area contributed by atoms with Gasteiger partial charge in [-0.2, -0.15) is 0 Å². The van der Waals surface area contributed by atoms with Crippen molar-refractivity contribution >= 4 is 22.6 Å². The molecule has 1 aromatic heterocycles. The number of nitrogens with zero attached hydrogens (tertiary/aromatic N) is 2. The van der Waals surface area contributed by atoms with Gasteiger partial charge in [-0.05, 0) is 19.1 Å². The third-order valence-electron chi connectivity index (χ3n) is 3.17. The largest absolute Gasteiger partial charge is 0.462 e. The molecule has 0 radical (unpaired) electrons. The second-order valence-corrected chi connectivity index (χ2v) is 4.68. The van der Waals surface area contributed by atoms with Crippen LogP contribution >= 0.6 is 0 Å². The van der Waals surface area contributed by atoms with Gasteiger partial charge >= 0.3 is 5.97 Å². The zero-order valence-electron chi connectivity index (χ0n) is 12.6. The minimum absolute atomic E-state index is 0.0815. The van der Waals surface area contributed by atoms with E-state index in [-0.39, 0.29) is 24.4 Å². The van der Waals surface area contributed by atoms with Crippen molar-refractivity contribution in [2.75, 3.05) is 19.8 Å². The Morgan fingerprint density at radius 3 is 2.74 bits per heavy atom. The molecule has 0 fully saturated rings. The molecule has 0 bridgehead atoms. The molecule has 0 atom stereocenters. The highest BCUT2D eigenvalue weighted by molar-refractivity contribution is 5.82. The number of aromatic nitrogens is 1. The van der Waals surface area contributed by atoms with Crippen molar-refractivity contribution in [1.82, 2.24) is 4.57 Å². The number of nitro groups is 1. The molecule has 0 amide bonds. The molecular formula is C15H16N2O6. The Kier molecular flexibility index (Phi) is 5.42. The lowest BCUT2D eigenvalue weighted by atomic mass is 10.2. The van der Waals surface area contributed by atoms with Crippen LogP contribution in [0.15, 0.2) is 35.1 Å². The number of carbonyl (C=O) groups is 1. The molecule has 0 aliphatic rings. The lowest BCUT2D eigenvalue weighted by Gasteiger charge is -2.10. The number of carbonyl (C=O) groups excluding carboxylic acids is 1. The fraction of sp³-hybridized carbons (Fsp3) is 0.333. The minimum Gasteiger partial charge on any atom is -0.462 e. The van der Waals surface area contributed by atoms with E-state index >= 15 is 0 Å². The smallest absolute Gasteiger partial charge is 0.326 e. The highest BCUT2D eigenvalue weighted by Gasteiger charge is 2.12. The Bertz CT molecular complexity index is 783. The lowest BCUT2D eigenvalue weighted by Crippen LogP contribution is -2.25. The summed E-state index contributed by atoms with van der Waals surface area (Å²) in [6, 6.07) is 6.84. The van der Waals surface area contributed by atoms with Gasteiger partial charge in [-0.3, -0.25) is 24.3 Å². The first-order valence-electron chi connectivity index (χ1n) is 7.04. The molecule has 8 nitrogen and oxygen atoms in total. The minimum atomic E-state index is -0.572. The van der Waals surface area contributed by atoms with Crippen LogP contribution in [0.4, 0.5) is 5.69 Å². The van der Waals surface area contributed by atoms with Crippen LogP contribution in [0.3, 0.4) is 0 Å². The van der Waals surface area contributed by atoms with Gasteiger partial charge in [0, 0.05) is 30.2 Å². The summed E-state index contributed by atoms with van der Waals surface area (Å²) < 4.78 is 11.3. The molecule has 8 heteroatoms. The average molecular weight is 320 g/mol. The summed E-state index contributed by atoms with van der Waals surface area (Å²) in [5, 5.41) is 11.3. The summed E-state index contributed by atoms with van der Waals surface area (Å²) in [6.45, 7) is 2.49. The third-order valence-corrected chi connectivity index (χ3v) is 3.17. The van der Waals surface area contributed by atoms with Crippen molar-refractivity contribution in [3.05, 3.63) is 50.8 Å². The fourth-order valence-corrected chi connectivity index (χ4v) is 2.10. The highest BCUT2D eigenvalue weighted by atomic mass is 16.6. The molecule has 0 aliphatic carbocycles. The number of ether oxygens (including phenoxy) is 2. The van der Waals surface area contributed by atoms with Gasteiger partial charge in [0.15, 0.2) is 0 Å². The van der Waals surface area contributed by atoms with Crippen molar-refractivity contribution in [1.29, 1.82) is 0 Å². The second-order valence-electron chi connectivity index (χ2n) is 4.68. The van der Waals surface area contributed by atoms with Crippen LogP contribution in [0.25, 0.3) is 10.9 Å². The molecule has 2 rings (SSSR count). The Morgan fingerprint density at radius 2 is 2.04 bits per heavy atom. The van der Waals surface area contributed by atoms with E-state index in [1.807, 2.05) is 6.92 Å². The molecule has 1 heterocycles. The van der Waals surface area contributed by atoms with E-state index < -0.39 is 10.9 Å². The predicted molar refractivity (Wildman–Crippen MR) is 82.3 cm³/mol. The van der Waals surface area contributed by atoms with E-state index in [1.165, 1.54) is 34.9 Å². The van der Waals surface area contributed by atoms with Gasteiger partial charge in [-0.1, -0.05) is 0 Å². The van der Waals surface area contributed by atoms with E-state index in [9.17, 15) is 19.7 Å². The topological polar surface area (TPSA) is 101 Å². The van der Waals surface area contributed by atoms with Gasteiger partial charge in [-0.15, -0.1) is 0 Å². The lowest BCUT2D eigenvalue weighted by molar-refractivity contribution is -0.384. The summed E-state index contributed by atoms with van der Waals surface area (Å²) in [5.74, 6) is -0.572. The molecule has 0 N–H and O–H groups in total. The third kappa shape index (κ3) is 4.13. The van der Waals surface area contributed by atoms with Crippen molar-refractivity contribution in [2.24, 2.45) is 0 Å². The van der Waals surface area contributed by atoms with Gasteiger partial charge in [0.1, 0.15) is 13.2 Å². The van der Waals surface area contributed by atoms with Crippen molar-refractivity contribution < 1.29 is 19.2 Å². The molecule has 2 aromatic rings. The fourth-order valence-electron chi connectivity index (χ4n) is 2.10. The van der Waals surface area contributed by atoms with Gasteiger partial charge in [0.25, 0.3) is 11.2 Å². The normalized spacial score (nSPS) is 10.7. The van der Waals surface area contributed by atoms with Gasteiger partial charge in [0.2, 0.25) is 0 Å². The molecule has 0 saturated carbocycles. The summed E-state index contributed by atoms with van der Waals surface area (Å²) in [4.78, 5) is 34.0. The average Bonchev–Trinajstić information content (AvgIpc) is 2.53. The number of benzene rings is 1. The van der Waals surface area contributed by atoms with Crippen LogP contribution in [0, 0.1) is 10.1 Å². The maximum absolute atomic E-state index is 12.0. The van der Waals surface area contributed by atoms with Gasteiger partial charge in [0.05, 0.1) is 17.0 Å². The van der Waals surface area contributed by atoms with Crippen LogP contribution in [0.1, 0.15) is 6.92 Å². The maximum atomic E-state index is 12.0. The van der Waals surface area contributed by atoms with E-state index in [2.05, 4.69) is 0 Å². The monoisotopic (exact) mass is 320 g/mol. The summed E-state index contributed by atoms with van der Waals surface area (Å²) in [5.41, 5.74) is -0.0278. The van der Waals surface area contributed by atoms with Crippen LogP contribution in [0.5, 0.6) is 0 Å². The SMILES string of the molecule is CCOCCOC(=O)Cn1c(=O)ccc2cc([N+](=O)[O-])ccc21. The number of rotatable bonds is 7. The molecule has 0 saturated heterocycles. The Morgan fingerprint density at radius 1 is 1.26 bits per heavy atom. The summed E-state index contributed by atoms with van der Waals surface area (Å²) >= 11 is 0. The van der Waals surface area contributed by atoms with Gasteiger partial charge in [-0.25, -0.2) is 0 Å². The zero-order valence-corrected chi connectivity index (χ0v) is 12.6. The molecule has 0 aliphatic heterocycles. The number of hydrogen-bond acceptors (Lipinski definition) is 6. The number of pyridine rings is 1. The molecule has 23 heavy (non-hydrogen) atoms. The van der Waals surface area contributed by atoms with Crippen molar-refractivity contribution in [3.8, 4) is 0 Å². The van der Waals surface area contributed by atoms with Crippen LogP contribution < -0.4 is 5.56 Å². The van der Waals surface area contributed by atoms with Crippen molar-refractivity contribution in [2.45, 2.75) is 13.5 Å². The number of nitro benzene ring substituents is 1. The quantitative estimate of drug-likeness (QED) is 0.331. The molecule has 1 aromatic carbocycles. The first-order chi connectivity index (χ1) is 11.0. The molecule has 122 valence electrons. The summed E-state index contributed by atoms with van der Waals surface area (Å²) in [7, 11) is 0. The van der Waals surface area contributed by atoms with Gasteiger partial charge < -0.3 is 9.47 Å². The predicted octanol–water partition coefficient (Wildman–Crippen LogP) is 1.49. The highest BCUT2D eigenvalue weighted by Crippen LogP contribution is 2.19. The number of hydrogen-bond donors (Lipinski definition) is 0. The van der Waals surface area contributed by atoms with E-state index in [4.69, 9.17) is 9.47 Å². The zero-order chi connectivity index (χ0) is 16.8. The molecule has 0 unspecified atom stereocenters. The standard InChI is InChI=1S/C15H16N2O6/c1-2-22-7-8-23-15(19)10-16-13-5-4-12(17(20)21)9-11(13)3-6-14(16)18/h3-6,9H,2,7-8,10H2,1H3. The summed E-state index contributed by atoms with van der Waals surface area (Å²) in [6.07, 6.45) is 0. The maximum Gasteiger partial charge on any atom is 0.326 e.